The van der Waals surface area contributed by atoms with E-state index >= 15 is 0 Å². The highest BCUT2D eigenvalue weighted by Gasteiger charge is 2.19. The minimum Gasteiger partial charge on any atom is -0.320 e. The highest BCUT2D eigenvalue weighted by atomic mass is 19.1. The average molecular weight is 375 g/mol. The maximum atomic E-state index is 15.0. The summed E-state index contributed by atoms with van der Waals surface area (Å²) in [5.41, 5.74) is 6.16. The van der Waals surface area contributed by atoms with E-state index in [2.05, 4.69) is 20.5 Å². The van der Waals surface area contributed by atoms with Crippen molar-refractivity contribution in [2.45, 2.75) is 32.6 Å². The van der Waals surface area contributed by atoms with Crippen molar-refractivity contribution >= 4 is 16.4 Å². The van der Waals surface area contributed by atoms with E-state index in [9.17, 15) is 4.39 Å². The molecule has 0 bridgehead atoms. The Balaban J connectivity index is 1.58. The molecule has 5 rings (SSSR count). The van der Waals surface area contributed by atoms with Crippen LogP contribution in [0.2, 0.25) is 0 Å². The van der Waals surface area contributed by atoms with E-state index < -0.39 is 0 Å². The number of rotatable bonds is 2. The molecule has 1 N–H and O–H groups in total. The number of nitrogens with one attached hydrogen (secondary N) is 1. The molecule has 1 fully saturated rings. The maximum absolute atomic E-state index is 15.0. The summed E-state index contributed by atoms with van der Waals surface area (Å²) in [6.07, 6.45) is 6.02. The van der Waals surface area contributed by atoms with Gasteiger partial charge in [0, 0.05) is 29.3 Å². The summed E-state index contributed by atoms with van der Waals surface area (Å²) in [6.45, 7) is 5.90. The SMILES string of the molecule is Cc1cn2cc(-c3cc(F)c4cc(C5CCNCC5)nnc4c3)cc2c(C)n1. The van der Waals surface area contributed by atoms with Crippen LogP contribution in [0.1, 0.15) is 35.8 Å². The molecular weight excluding hydrogens is 353 g/mol. The molecule has 6 heteroatoms. The average Bonchev–Trinajstić information content (AvgIpc) is 3.13. The molecule has 1 aliphatic rings. The van der Waals surface area contributed by atoms with E-state index in [1.165, 1.54) is 0 Å². The number of hydrogen-bond donors (Lipinski definition) is 1. The first-order valence-corrected chi connectivity index (χ1v) is 9.72. The molecule has 0 unspecified atom stereocenters. The van der Waals surface area contributed by atoms with Crippen LogP contribution in [0.15, 0.2) is 36.7 Å². The lowest BCUT2D eigenvalue weighted by atomic mass is 9.93. The molecule has 0 amide bonds. The van der Waals surface area contributed by atoms with Crippen LogP contribution in [0, 0.1) is 19.7 Å². The van der Waals surface area contributed by atoms with Gasteiger partial charge in [-0.1, -0.05) is 0 Å². The number of piperidine rings is 1. The quantitative estimate of drug-likeness (QED) is 0.571. The molecule has 0 saturated carbocycles. The van der Waals surface area contributed by atoms with Gasteiger partial charge in [-0.25, -0.2) is 4.39 Å². The summed E-state index contributed by atoms with van der Waals surface area (Å²) in [5, 5.41) is 12.7. The lowest BCUT2D eigenvalue weighted by Crippen LogP contribution is -2.27. The molecule has 1 aromatic carbocycles. The van der Waals surface area contributed by atoms with Gasteiger partial charge in [-0.2, -0.15) is 10.2 Å². The second-order valence-electron chi connectivity index (χ2n) is 7.67. The summed E-state index contributed by atoms with van der Waals surface area (Å²) in [4.78, 5) is 4.51. The molecule has 5 nitrogen and oxygen atoms in total. The van der Waals surface area contributed by atoms with E-state index in [0.29, 0.717) is 16.8 Å². The van der Waals surface area contributed by atoms with Gasteiger partial charge in [-0.3, -0.25) is 4.98 Å². The maximum Gasteiger partial charge on any atom is 0.133 e. The Bertz CT molecular complexity index is 1190. The molecule has 0 atom stereocenters. The highest BCUT2D eigenvalue weighted by molar-refractivity contribution is 5.85. The molecular formula is C22H22FN5. The van der Waals surface area contributed by atoms with Gasteiger partial charge in [-0.15, -0.1) is 0 Å². The smallest absolute Gasteiger partial charge is 0.133 e. The number of nitrogens with zero attached hydrogens (tertiary/aromatic N) is 4. The van der Waals surface area contributed by atoms with Crippen molar-refractivity contribution in [3.05, 3.63) is 59.6 Å². The van der Waals surface area contributed by atoms with Gasteiger partial charge in [0.05, 0.1) is 28.1 Å². The van der Waals surface area contributed by atoms with Gasteiger partial charge in [0.15, 0.2) is 0 Å². The van der Waals surface area contributed by atoms with Crippen molar-refractivity contribution in [3.63, 3.8) is 0 Å². The standard InChI is InChI=1S/C22H22FN5/c1-13-11-28-12-17(9-22(28)14(2)25-13)16-7-19(23)18-10-20(26-27-21(18)8-16)15-3-5-24-6-4-15/h7-12,15,24H,3-6H2,1-2H3. The van der Waals surface area contributed by atoms with Crippen molar-refractivity contribution < 1.29 is 4.39 Å². The molecule has 0 radical (unpaired) electrons. The normalized spacial score (nSPS) is 15.5. The van der Waals surface area contributed by atoms with Gasteiger partial charge in [0.1, 0.15) is 5.82 Å². The predicted octanol–water partition coefficient (Wildman–Crippen LogP) is 4.17. The fraction of sp³-hybridized carbons (Fsp3) is 0.318. The van der Waals surface area contributed by atoms with Crippen LogP contribution >= 0.6 is 0 Å². The van der Waals surface area contributed by atoms with Crippen LogP contribution in [0.3, 0.4) is 0 Å². The topological polar surface area (TPSA) is 55.1 Å². The summed E-state index contributed by atoms with van der Waals surface area (Å²) in [7, 11) is 0. The van der Waals surface area contributed by atoms with E-state index in [-0.39, 0.29) is 5.82 Å². The van der Waals surface area contributed by atoms with Crippen LogP contribution in [-0.2, 0) is 0 Å². The monoisotopic (exact) mass is 375 g/mol. The molecule has 142 valence electrons. The Morgan fingerprint density at radius 1 is 1.00 bits per heavy atom. The lowest BCUT2D eigenvalue weighted by Gasteiger charge is -2.21. The lowest BCUT2D eigenvalue weighted by molar-refractivity contribution is 0.451. The third kappa shape index (κ3) is 2.94. The molecule has 1 saturated heterocycles. The Morgan fingerprint density at radius 3 is 2.64 bits per heavy atom. The zero-order valence-corrected chi connectivity index (χ0v) is 16.0. The zero-order chi connectivity index (χ0) is 19.3. The van der Waals surface area contributed by atoms with Crippen LogP contribution in [-0.4, -0.2) is 32.7 Å². The third-order valence-corrected chi connectivity index (χ3v) is 5.65. The summed E-state index contributed by atoms with van der Waals surface area (Å²) in [5.74, 6) is 0.103. The van der Waals surface area contributed by atoms with Crippen molar-refractivity contribution in [2.24, 2.45) is 0 Å². The van der Waals surface area contributed by atoms with Crippen LogP contribution in [0.25, 0.3) is 27.5 Å². The Hall–Kier alpha value is -2.86. The third-order valence-electron chi connectivity index (χ3n) is 5.65. The molecule has 3 aromatic heterocycles. The largest absolute Gasteiger partial charge is 0.320 e. The second-order valence-corrected chi connectivity index (χ2v) is 7.67. The zero-order valence-electron chi connectivity index (χ0n) is 16.0. The van der Waals surface area contributed by atoms with Crippen molar-refractivity contribution in [1.29, 1.82) is 0 Å². The van der Waals surface area contributed by atoms with Gasteiger partial charge in [-0.05, 0) is 69.6 Å². The van der Waals surface area contributed by atoms with Crippen LogP contribution in [0.5, 0.6) is 0 Å². The number of halogens is 1. The van der Waals surface area contributed by atoms with Gasteiger partial charge in [0.25, 0.3) is 0 Å². The minimum atomic E-state index is -0.251. The van der Waals surface area contributed by atoms with E-state index in [4.69, 9.17) is 0 Å². The first-order valence-electron chi connectivity index (χ1n) is 9.72. The van der Waals surface area contributed by atoms with Crippen molar-refractivity contribution in [1.82, 2.24) is 24.9 Å². The van der Waals surface area contributed by atoms with E-state index in [0.717, 1.165) is 59.7 Å². The summed E-state index contributed by atoms with van der Waals surface area (Å²) >= 11 is 0. The minimum absolute atomic E-state index is 0.251. The summed E-state index contributed by atoms with van der Waals surface area (Å²) < 4.78 is 17.0. The molecule has 0 aliphatic carbocycles. The number of benzene rings is 1. The Kier molecular flexibility index (Phi) is 4.09. The molecule has 4 aromatic rings. The van der Waals surface area contributed by atoms with E-state index in [1.54, 1.807) is 6.07 Å². The molecule has 4 heterocycles. The predicted molar refractivity (Wildman–Crippen MR) is 108 cm³/mol. The van der Waals surface area contributed by atoms with Gasteiger partial charge in [0.2, 0.25) is 0 Å². The van der Waals surface area contributed by atoms with E-state index in [1.807, 2.05) is 48.8 Å². The molecule has 0 spiro atoms. The summed E-state index contributed by atoms with van der Waals surface area (Å²) in [6, 6.07) is 7.44. The first-order chi connectivity index (χ1) is 13.6. The van der Waals surface area contributed by atoms with Crippen molar-refractivity contribution in [3.8, 4) is 11.1 Å². The number of aryl methyl sites for hydroxylation is 2. The Labute approximate surface area is 162 Å². The first kappa shape index (κ1) is 17.3. The molecule has 28 heavy (non-hydrogen) atoms. The number of hydrogen-bond acceptors (Lipinski definition) is 4. The number of fused-ring (bicyclic) bond motifs is 2. The molecule has 1 aliphatic heterocycles. The Morgan fingerprint density at radius 2 is 1.82 bits per heavy atom. The van der Waals surface area contributed by atoms with Gasteiger partial charge < -0.3 is 9.72 Å². The fourth-order valence-electron chi connectivity index (χ4n) is 4.19. The number of aromatic nitrogens is 4. The highest BCUT2D eigenvalue weighted by Crippen LogP contribution is 2.31. The van der Waals surface area contributed by atoms with Crippen LogP contribution in [0.4, 0.5) is 4.39 Å². The second kappa shape index (κ2) is 6.63. The van der Waals surface area contributed by atoms with Gasteiger partial charge >= 0.3 is 0 Å². The van der Waals surface area contributed by atoms with Crippen LogP contribution < -0.4 is 5.32 Å². The van der Waals surface area contributed by atoms with Crippen molar-refractivity contribution in [2.75, 3.05) is 13.1 Å². The fourth-order valence-corrected chi connectivity index (χ4v) is 4.19.